The van der Waals surface area contributed by atoms with E-state index >= 15 is 0 Å². The maximum Gasteiger partial charge on any atom is 0.240 e. The minimum Gasteiger partial charge on any atom is -0.468 e. The summed E-state index contributed by atoms with van der Waals surface area (Å²) in [6.45, 7) is 2.41. The van der Waals surface area contributed by atoms with Crippen molar-refractivity contribution in [1.82, 2.24) is 10.0 Å². The highest BCUT2D eigenvalue weighted by Crippen LogP contribution is 2.17. The van der Waals surface area contributed by atoms with Gasteiger partial charge in [-0.2, -0.15) is 0 Å². The van der Waals surface area contributed by atoms with Gasteiger partial charge >= 0.3 is 0 Å². The lowest BCUT2D eigenvalue weighted by atomic mass is 10.2. The van der Waals surface area contributed by atoms with Crippen LogP contribution in [0.5, 0.6) is 0 Å². The van der Waals surface area contributed by atoms with Crippen molar-refractivity contribution in [2.75, 3.05) is 7.05 Å². The van der Waals surface area contributed by atoms with E-state index in [1.807, 2.05) is 25.1 Å². The summed E-state index contributed by atoms with van der Waals surface area (Å²) in [5, 5.41) is 3.25. The maximum atomic E-state index is 11.9. The zero-order valence-electron chi connectivity index (χ0n) is 11.5. The molecule has 1 heterocycles. The van der Waals surface area contributed by atoms with Crippen molar-refractivity contribution in [3.05, 3.63) is 54.0 Å². The van der Waals surface area contributed by atoms with Crippen LogP contribution in [0.15, 0.2) is 52.0 Å². The number of rotatable bonds is 6. The van der Waals surface area contributed by atoms with Crippen LogP contribution in [0, 0.1) is 0 Å². The van der Waals surface area contributed by atoms with Gasteiger partial charge in [-0.25, -0.2) is 13.1 Å². The van der Waals surface area contributed by atoms with Crippen LogP contribution < -0.4 is 10.0 Å². The molecule has 0 aliphatic rings. The first-order chi connectivity index (χ1) is 9.54. The lowest BCUT2D eigenvalue weighted by Gasteiger charge is -2.14. The number of benzene rings is 1. The average Bonchev–Trinajstić information content (AvgIpc) is 2.99. The summed E-state index contributed by atoms with van der Waals surface area (Å²) in [6.07, 6.45) is 1.62. The highest BCUT2D eigenvalue weighted by Gasteiger charge is 2.16. The number of nitrogens with one attached hydrogen (secondary N) is 2. The van der Waals surface area contributed by atoms with Gasteiger partial charge in [0.25, 0.3) is 0 Å². The normalized spacial score (nSPS) is 13.3. The fourth-order valence-corrected chi connectivity index (χ4v) is 2.89. The molecule has 5 nitrogen and oxygen atoms in total. The van der Waals surface area contributed by atoms with Crippen molar-refractivity contribution in [1.29, 1.82) is 0 Å². The monoisotopic (exact) mass is 294 g/mol. The first kappa shape index (κ1) is 14.8. The lowest BCUT2D eigenvalue weighted by Crippen LogP contribution is -2.23. The summed E-state index contributed by atoms with van der Waals surface area (Å²) in [5.74, 6) is 0.818. The molecular weight excluding hydrogens is 276 g/mol. The van der Waals surface area contributed by atoms with Crippen LogP contribution in [-0.2, 0) is 16.6 Å². The lowest BCUT2D eigenvalue weighted by molar-refractivity contribution is 0.429. The SMILES string of the molecule is CNS(=O)(=O)c1ccccc1CN[C@@H](C)c1ccco1. The molecule has 0 fully saturated rings. The Balaban J connectivity index is 2.14. The second kappa shape index (κ2) is 6.21. The quantitative estimate of drug-likeness (QED) is 0.855. The number of hydrogen-bond acceptors (Lipinski definition) is 4. The van der Waals surface area contributed by atoms with E-state index in [9.17, 15) is 8.42 Å². The molecule has 0 aliphatic heterocycles. The highest BCUT2D eigenvalue weighted by atomic mass is 32.2. The Hall–Kier alpha value is -1.63. The van der Waals surface area contributed by atoms with E-state index in [1.165, 1.54) is 7.05 Å². The Morgan fingerprint density at radius 3 is 2.60 bits per heavy atom. The van der Waals surface area contributed by atoms with E-state index in [1.54, 1.807) is 24.5 Å². The van der Waals surface area contributed by atoms with Gasteiger partial charge in [0.05, 0.1) is 17.2 Å². The molecule has 0 saturated carbocycles. The first-order valence-electron chi connectivity index (χ1n) is 6.33. The Bertz CT molecular complexity index is 651. The third-order valence-electron chi connectivity index (χ3n) is 3.10. The van der Waals surface area contributed by atoms with Gasteiger partial charge in [0.1, 0.15) is 5.76 Å². The molecule has 1 aromatic heterocycles. The summed E-state index contributed by atoms with van der Waals surface area (Å²) in [5.41, 5.74) is 0.722. The van der Waals surface area contributed by atoms with Gasteiger partial charge in [-0.05, 0) is 37.7 Å². The second-order valence-electron chi connectivity index (χ2n) is 4.43. The zero-order valence-corrected chi connectivity index (χ0v) is 12.3. The number of sulfonamides is 1. The van der Waals surface area contributed by atoms with E-state index in [0.29, 0.717) is 11.4 Å². The first-order valence-corrected chi connectivity index (χ1v) is 7.81. The Kier molecular flexibility index (Phi) is 4.59. The van der Waals surface area contributed by atoms with E-state index in [2.05, 4.69) is 10.0 Å². The molecule has 20 heavy (non-hydrogen) atoms. The minimum atomic E-state index is -3.44. The van der Waals surface area contributed by atoms with E-state index in [0.717, 1.165) is 11.3 Å². The topological polar surface area (TPSA) is 71.3 Å². The Morgan fingerprint density at radius 2 is 1.95 bits per heavy atom. The third kappa shape index (κ3) is 3.27. The van der Waals surface area contributed by atoms with Gasteiger partial charge in [-0.15, -0.1) is 0 Å². The van der Waals surface area contributed by atoms with E-state index in [4.69, 9.17) is 4.42 Å². The average molecular weight is 294 g/mol. The molecule has 2 aromatic rings. The largest absolute Gasteiger partial charge is 0.468 e. The summed E-state index contributed by atoms with van der Waals surface area (Å²) in [7, 11) is -2.04. The third-order valence-corrected chi connectivity index (χ3v) is 4.61. The second-order valence-corrected chi connectivity index (χ2v) is 6.29. The van der Waals surface area contributed by atoms with Crippen molar-refractivity contribution in [3.63, 3.8) is 0 Å². The molecule has 0 unspecified atom stereocenters. The van der Waals surface area contributed by atoms with Crippen molar-refractivity contribution >= 4 is 10.0 Å². The molecule has 108 valence electrons. The fraction of sp³-hybridized carbons (Fsp3) is 0.286. The van der Waals surface area contributed by atoms with Crippen molar-refractivity contribution in [3.8, 4) is 0 Å². The van der Waals surface area contributed by atoms with Crippen LogP contribution in [-0.4, -0.2) is 15.5 Å². The van der Waals surface area contributed by atoms with Gasteiger partial charge in [0.2, 0.25) is 10.0 Å². The summed E-state index contributed by atoms with van der Waals surface area (Å²) in [4.78, 5) is 0.293. The van der Waals surface area contributed by atoms with Gasteiger partial charge in [-0.1, -0.05) is 18.2 Å². The predicted octanol–water partition coefficient (Wildman–Crippen LogP) is 2.04. The minimum absolute atomic E-state index is 0.00958. The summed E-state index contributed by atoms with van der Waals surface area (Å²) < 4.78 is 31.5. The molecule has 0 saturated heterocycles. The smallest absolute Gasteiger partial charge is 0.240 e. The van der Waals surface area contributed by atoms with Crippen molar-refractivity contribution < 1.29 is 12.8 Å². The summed E-state index contributed by atoms with van der Waals surface area (Å²) in [6, 6.07) is 10.6. The van der Waals surface area contributed by atoms with Crippen LogP contribution in [0.1, 0.15) is 24.3 Å². The molecule has 1 aromatic carbocycles. The molecule has 1 atom stereocenters. The van der Waals surface area contributed by atoms with Crippen LogP contribution in [0.25, 0.3) is 0 Å². The van der Waals surface area contributed by atoms with Crippen LogP contribution in [0.4, 0.5) is 0 Å². The maximum absolute atomic E-state index is 11.9. The molecule has 0 bridgehead atoms. The van der Waals surface area contributed by atoms with Gasteiger partial charge in [-0.3, -0.25) is 0 Å². The highest BCUT2D eigenvalue weighted by molar-refractivity contribution is 7.89. The molecule has 2 N–H and O–H groups in total. The number of furan rings is 1. The molecule has 0 aliphatic carbocycles. The summed E-state index contributed by atoms with van der Waals surface area (Å²) >= 11 is 0. The van der Waals surface area contributed by atoms with E-state index < -0.39 is 10.0 Å². The number of hydrogen-bond donors (Lipinski definition) is 2. The fourth-order valence-electron chi connectivity index (χ4n) is 1.92. The van der Waals surface area contributed by atoms with Crippen molar-refractivity contribution in [2.24, 2.45) is 0 Å². The Morgan fingerprint density at radius 1 is 1.20 bits per heavy atom. The van der Waals surface area contributed by atoms with Crippen LogP contribution in [0.3, 0.4) is 0 Å². The molecule has 0 spiro atoms. The molecule has 0 amide bonds. The zero-order chi connectivity index (χ0) is 14.6. The predicted molar refractivity (Wildman–Crippen MR) is 76.7 cm³/mol. The molecule has 0 radical (unpaired) electrons. The van der Waals surface area contributed by atoms with Crippen LogP contribution >= 0.6 is 0 Å². The van der Waals surface area contributed by atoms with Crippen LogP contribution in [0.2, 0.25) is 0 Å². The molecule has 6 heteroatoms. The van der Waals surface area contributed by atoms with E-state index in [-0.39, 0.29) is 6.04 Å². The standard InChI is InChI=1S/C14H18N2O3S/c1-11(13-7-5-9-19-13)16-10-12-6-3-4-8-14(12)20(17,18)15-2/h3-9,11,15-16H,10H2,1-2H3/t11-/m0/s1. The van der Waals surface area contributed by atoms with Gasteiger partial charge in [0, 0.05) is 6.54 Å². The Labute approximate surface area is 119 Å². The van der Waals surface area contributed by atoms with Gasteiger partial charge < -0.3 is 9.73 Å². The molecular formula is C14H18N2O3S. The van der Waals surface area contributed by atoms with Gasteiger partial charge in [0.15, 0.2) is 0 Å². The molecule has 2 rings (SSSR count). The van der Waals surface area contributed by atoms with Crippen molar-refractivity contribution in [2.45, 2.75) is 24.4 Å².